The zero-order valence-electron chi connectivity index (χ0n) is 16.6. The molecule has 0 aliphatic carbocycles. The minimum atomic E-state index is -0.394. The highest BCUT2D eigenvalue weighted by Crippen LogP contribution is 2.34. The van der Waals surface area contributed by atoms with Crippen LogP contribution in [-0.2, 0) is 0 Å². The Balaban J connectivity index is 2.36. The van der Waals surface area contributed by atoms with Gasteiger partial charge in [-0.15, -0.1) is 0 Å². The fraction of sp³-hybridized carbons (Fsp3) is 0.0800. The first-order valence-electron chi connectivity index (χ1n) is 8.98. The zero-order valence-corrected chi connectivity index (χ0v) is 16.6. The first kappa shape index (κ1) is 21.5. The van der Waals surface area contributed by atoms with Crippen LogP contribution in [-0.4, -0.2) is 10.9 Å². The van der Waals surface area contributed by atoms with Crippen molar-refractivity contribution >= 4 is 11.9 Å². The van der Waals surface area contributed by atoms with Crippen LogP contribution in [0.4, 0.5) is 0 Å². The van der Waals surface area contributed by atoms with E-state index in [-0.39, 0.29) is 17.1 Å². The van der Waals surface area contributed by atoms with Crippen molar-refractivity contribution in [3.05, 3.63) is 109 Å². The van der Waals surface area contributed by atoms with E-state index in [4.69, 9.17) is 9.47 Å². The summed E-state index contributed by atoms with van der Waals surface area (Å²) < 4.78 is 11.1. The molecule has 0 amide bonds. The summed E-state index contributed by atoms with van der Waals surface area (Å²) in [6.45, 7) is 11.2. The largest absolute Gasteiger partial charge is 0.507 e. The monoisotopic (exact) mass is 388 g/mol. The van der Waals surface area contributed by atoms with E-state index in [1.165, 1.54) is 30.7 Å². The zero-order chi connectivity index (χ0) is 21.2. The number of aromatic hydroxyl groups is 1. The third kappa shape index (κ3) is 7.03. The fourth-order valence-corrected chi connectivity index (χ4v) is 2.26. The second-order valence-corrected chi connectivity index (χ2v) is 6.46. The molecule has 0 unspecified atom stereocenters. The predicted octanol–water partition coefficient (Wildman–Crippen LogP) is 6.23. The molecule has 1 N–H and O–H groups in total. The third-order valence-electron chi connectivity index (χ3n) is 3.63. The van der Waals surface area contributed by atoms with Crippen LogP contribution in [0.3, 0.4) is 0 Å². The Labute approximate surface area is 171 Å². The summed E-state index contributed by atoms with van der Waals surface area (Å²) in [6, 6.07) is 12.3. The Bertz CT molecular complexity index is 979. The van der Waals surface area contributed by atoms with Crippen molar-refractivity contribution in [2.24, 2.45) is 0 Å². The molecule has 0 heterocycles. The van der Waals surface area contributed by atoms with Crippen molar-refractivity contribution in [2.75, 3.05) is 0 Å². The molecule has 0 aromatic heterocycles. The molecule has 0 radical (unpaired) electrons. The second kappa shape index (κ2) is 10.5. The van der Waals surface area contributed by atoms with Crippen molar-refractivity contribution in [3.8, 4) is 17.2 Å². The Morgan fingerprint density at radius 3 is 2.17 bits per heavy atom. The van der Waals surface area contributed by atoms with E-state index in [1.807, 2.05) is 44.2 Å². The van der Waals surface area contributed by atoms with Gasteiger partial charge in [0.25, 0.3) is 0 Å². The van der Waals surface area contributed by atoms with Crippen LogP contribution in [0.5, 0.6) is 17.2 Å². The standard InChI is InChI=1S/C25H24O4/c1-18(2)12-14-28-21-16-23(27)25(24(17-21)29-15-13-19(3)4)22(26)11-10-20-8-6-5-7-9-20/h5-17,27H,1,3H2,2,4H3/b11-10+,14-12?,15-13?. The summed E-state index contributed by atoms with van der Waals surface area (Å²) in [5.74, 6) is -0.145. The van der Waals surface area contributed by atoms with E-state index in [0.29, 0.717) is 5.75 Å². The summed E-state index contributed by atoms with van der Waals surface area (Å²) in [5.41, 5.74) is 2.51. The van der Waals surface area contributed by atoms with Gasteiger partial charge in [-0.3, -0.25) is 4.79 Å². The van der Waals surface area contributed by atoms with Gasteiger partial charge in [-0.1, -0.05) is 60.7 Å². The Morgan fingerprint density at radius 1 is 0.931 bits per heavy atom. The van der Waals surface area contributed by atoms with E-state index >= 15 is 0 Å². The lowest BCUT2D eigenvalue weighted by molar-refractivity contribution is 0.104. The van der Waals surface area contributed by atoms with Crippen LogP contribution in [0.1, 0.15) is 29.8 Å². The molecule has 29 heavy (non-hydrogen) atoms. The number of benzene rings is 2. The smallest absolute Gasteiger partial charge is 0.193 e. The summed E-state index contributed by atoms with van der Waals surface area (Å²) >= 11 is 0. The van der Waals surface area contributed by atoms with Crippen LogP contribution in [0.25, 0.3) is 6.08 Å². The summed E-state index contributed by atoms with van der Waals surface area (Å²) in [5, 5.41) is 10.5. The maximum absolute atomic E-state index is 12.7. The van der Waals surface area contributed by atoms with Gasteiger partial charge in [0.1, 0.15) is 22.8 Å². The van der Waals surface area contributed by atoms with Gasteiger partial charge in [0.2, 0.25) is 0 Å². The van der Waals surface area contributed by atoms with E-state index in [2.05, 4.69) is 13.2 Å². The first-order chi connectivity index (χ1) is 13.9. The lowest BCUT2D eigenvalue weighted by Crippen LogP contribution is -2.00. The number of hydrogen-bond donors (Lipinski definition) is 1. The molecule has 2 aromatic rings. The lowest BCUT2D eigenvalue weighted by Gasteiger charge is -2.11. The molecule has 4 nitrogen and oxygen atoms in total. The fourth-order valence-electron chi connectivity index (χ4n) is 2.26. The van der Waals surface area contributed by atoms with Crippen molar-refractivity contribution in [3.63, 3.8) is 0 Å². The highest BCUT2D eigenvalue weighted by atomic mass is 16.5. The minimum absolute atomic E-state index is 0.0415. The predicted molar refractivity (Wildman–Crippen MR) is 117 cm³/mol. The lowest BCUT2D eigenvalue weighted by atomic mass is 10.1. The number of ether oxygens (including phenoxy) is 2. The van der Waals surface area contributed by atoms with Crippen LogP contribution in [0.2, 0.25) is 0 Å². The number of phenolic OH excluding ortho intramolecular Hbond substituents is 1. The van der Waals surface area contributed by atoms with Gasteiger partial charge < -0.3 is 14.6 Å². The Hall–Kier alpha value is -3.79. The molecule has 0 atom stereocenters. The number of ketones is 1. The SMILES string of the molecule is C=C(C)C=COc1cc(O)c(C(=O)/C=C/c2ccccc2)c(OC=CC(=C)C)c1. The van der Waals surface area contributed by atoms with Crippen molar-refractivity contribution in [1.82, 2.24) is 0 Å². The molecular weight excluding hydrogens is 364 g/mol. The Morgan fingerprint density at radius 2 is 1.55 bits per heavy atom. The van der Waals surface area contributed by atoms with Crippen LogP contribution < -0.4 is 9.47 Å². The molecule has 4 heteroatoms. The van der Waals surface area contributed by atoms with E-state index in [9.17, 15) is 9.90 Å². The van der Waals surface area contributed by atoms with Crippen LogP contribution in [0.15, 0.2) is 97.5 Å². The number of carbonyl (C=O) groups excluding carboxylic acids is 1. The molecule has 0 saturated heterocycles. The average Bonchev–Trinajstić information content (AvgIpc) is 2.66. The van der Waals surface area contributed by atoms with Gasteiger partial charge in [-0.2, -0.15) is 0 Å². The molecule has 0 saturated carbocycles. The normalized spacial score (nSPS) is 11.2. The molecule has 0 fully saturated rings. The molecule has 0 bridgehead atoms. The van der Waals surface area contributed by atoms with Gasteiger partial charge in [0.15, 0.2) is 5.78 Å². The van der Waals surface area contributed by atoms with E-state index < -0.39 is 5.78 Å². The average molecular weight is 388 g/mol. The molecule has 0 aliphatic heterocycles. The molecule has 0 aliphatic rings. The van der Waals surface area contributed by atoms with Crippen molar-refractivity contribution < 1.29 is 19.4 Å². The number of phenols is 1. The number of hydrogen-bond acceptors (Lipinski definition) is 4. The second-order valence-electron chi connectivity index (χ2n) is 6.46. The van der Waals surface area contributed by atoms with Gasteiger partial charge in [-0.25, -0.2) is 0 Å². The summed E-state index contributed by atoms with van der Waals surface area (Å²) in [7, 11) is 0. The number of rotatable bonds is 9. The third-order valence-corrected chi connectivity index (χ3v) is 3.63. The van der Waals surface area contributed by atoms with Gasteiger partial charge >= 0.3 is 0 Å². The van der Waals surface area contributed by atoms with Crippen molar-refractivity contribution in [1.29, 1.82) is 0 Å². The quantitative estimate of drug-likeness (QED) is 0.240. The maximum atomic E-state index is 12.7. The topological polar surface area (TPSA) is 55.8 Å². The van der Waals surface area contributed by atoms with Gasteiger partial charge in [0, 0.05) is 12.1 Å². The van der Waals surface area contributed by atoms with Crippen molar-refractivity contribution in [2.45, 2.75) is 13.8 Å². The molecule has 2 rings (SSSR count). The maximum Gasteiger partial charge on any atom is 0.193 e. The first-order valence-corrected chi connectivity index (χ1v) is 8.98. The van der Waals surface area contributed by atoms with Gasteiger partial charge in [0.05, 0.1) is 12.5 Å². The summed E-state index contributed by atoms with van der Waals surface area (Å²) in [6.07, 6.45) is 9.25. The number of carbonyl (C=O) groups is 1. The van der Waals surface area contributed by atoms with Gasteiger partial charge in [-0.05, 0) is 37.6 Å². The molecule has 0 spiro atoms. The van der Waals surface area contributed by atoms with E-state index in [0.717, 1.165) is 16.7 Å². The molecular formula is C25H24O4. The highest BCUT2D eigenvalue weighted by Gasteiger charge is 2.18. The molecule has 148 valence electrons. The molecule has 2 aromatic carbocycles. The van der Waals surface area contributed by atoms with E-state index in [1.54, 1.807) is 18.2 Å². The van der Waals surface area contributed by atoms with Crippen LogP contribution in [0, 0.1) is 0 Å². The minimum Gasteiger partial charge on any atom is -0.507 e. The summed E-state index contributed by atoms with van der Waals surface area (Å²) in [4.78, 5) is 12.7. The Kier molecular flexibility index (Phi) is 7.80. The van der Waals surface area contributed by atoms with Crippen LogP contribution >= 0.6 is 0 Å². The highest BCUT2D eigenvalue weighted by molar-refractivity contribution is 6.10. The number of allylic oxidation sites excluding steroid dienone is 5.